The summed E-state index contributed by atoms with van der Waals surface area (Å²) >= 11 is 0. The molecule has 1 N–H and O–H groups in total. The van der Waals surface area contributed by atoms with Crippen molar-refractivity contribution >= 4 is 23.5 Å². The Kier molecular flexibility index (Phi) is 4.71. The molecule has 7 nitrogen and oxygen atoms in total. The van der Waals surface area contributed by atoms with Crippen LogP contribution in [0.4, 0.5) is 5.69 Å². The van der Waals surface area contributed by atoms with Crippen molar-refractivity contribution in [1.82, 2.24) is 4.90 Å². The number of nitrogens with one attached hydrogen (secondary N) is 1. The highest BCUT2D eigenvalue weighted by Crippen LogP contribution is 2.52. The van der Waals surface area contributed by atoms with E-state index in [2.05, 4.69) is 12.2 Å². The first-order valence-corrected chi connectivity index (χ1v) is 9.69. The van der Waals surface area contributed by atoms with Gasteiger partial charge in [-0.05, 0) is 31.0 Å². The highest BCUT2D eigenvalue weighted by atomic mass is 16.5. The van der Waals surface area contributed by atoms with E-state index in [9.17, 15) is 14.4 Å². The van der Waals surface area contributed by atoms with Crippen molar-refractivity contribution in [1.29, 1.82) is 0 Å². The van der Waals surface area contributed by atoms with Gasteiger partial charge in [0, 0.05) is 5.69 Å². The Balaban J connectivity index is 1.51. The second kappa shape index (κ2) is 7.05. The van der Waals surface area contributed by atoms with Gasteiger partial charge in [0.1, 0.15) is 12.1 Å². The van der Waals surface area contributed by atoms with Crippen LogP contribution in [0.1, 0.15) is 19.4 Å². The van der Waals surface area contributed by atoms with Crippen molar-refractivity contribution in [3.05, 3.63) is 42.0 Å². The lowest BCUT2D eigenvalue weighted by Crippen LogP contribution is -2.41. The molecule has 28 heavy (non-hydrogen) atoms. The molecule has 1 aromatic rings. The van der Waals surface area contributed by atoms with Crippen LogP contribution < -0.4 is 5.32 Å². The molecule has 2 fully saturated rings. The molecule has 2 saturated heterocycles. The summed E-state index contributed by atoms with van der Waals surface area (Å²) in [6.07, 6.45) is 4.22. The Morgan fingerprint density at radius 2 is 2.04 bits per heavy atom. The fraction of sp³-hybridized carbons (Fsp3) is 0.476. The number of ether oxygens (including phenoxy) is 2. The smallest absolute Gasteiger partial charge is 0.325 e. The first-order chi connectivity index (χ1) is 13.5. The molecule has 2 amide bonds. The number of benzene rings is 1. The summed E-state index contributed by atoms with van der Waals surface area (Å²) < 4.78 is 11.0. The summed E-state index contributed by atoms with van der Waals surface area (Å²) in [5, 5.41) is 2.91. The largest absolute Gasteiger partial charge is 0.465 e. The van der Waals surface area contributed by atoms with Crippen LogP contribution in [0.3, 0.4) is 0 Å². The summed E-state index contributed by atoms with van der Waals surface area (Å²) in [5.74, 6) is -2.16. The molecule has 148 valence electrons. The van der Waals surface area contributed by atoms with Crippen LogP contribution >= 0.6 is 0 Å². The van der Waals surface area contributed by atoms with Crippen LogP contribution in [-0.4, -0.2) is 54.1 Å². The van der Waals surface area contributed by atoms with Crippen LogP contribution in [0.25, 0.3) is 0 Å². The van der Waals surface area contributed by atoms with Gasteiger partial charge in [0.2, 0.25) is 11.8 Å². The number of aryl methyl sites for hydroxylation is 1. The molecule has 2 bridgehead atoms. The monoisotopic (exact) mass is 384 g/mol. The zero-order valence-electron chi connectivity index (χ0n) is 16.0. The Labute approximate surface area is 163 Å². The lowest BCUT2D eigenvalue weighted by Gasteiger charge is -2.23. The van der Waals surface area contributed by atoms with Crippen LogP contribution in [-0.2, 0) is 30.3 Å². The number of carbonyl (C=O) groups is 3. The standard InChI is InChI=1S/C21H24N2O5/c1-3-13-5-7-14(8-6-13)22-19(25)17-15-9-10-21(28-15)12-23(20(26)18(17)21)11-16(24)27-4-2/h5-10,15,17-18H,3-4,11-12H2,1-2H3,(H,22,25)/t15-,17+,18-,21?/m1/s1. The van der Waals surface area contributed by atoms with Crippen molar-refractivity contribution in [3.8, 4) is 0 Å². The molecule has 3 aliphatic heterocycles. The highest BCUT2D eigenvalue weighted by Gasteiger charge is 2.66. The maximum atomic E-state index is 13.0. The van der Waals surface area contributed by atoms with Gasteiger partial charge >= 0.3 is 5.97 Å². The maximum absolute atomic E-state index is 13.0. The van der Waals surface area contributed by atoms with Gasteiger partial charge in [-0.2, -0.15) is 0 Å². The zero-order valence-corrected chi connectivity index (χ0v) is 16.0. The number of hydrogen-bond acceptors (Lipinski definition) is 5. The van der Waals surface area contributed by atoms with Crippen LogP contribution in [0.5, 0.6) is 0 Å². The second-order valence-corrected chi connectivity index (χ2v) is 7.44. The third-order valence-electron chi connectivity index (χ3n) is 5.74. The number of hydrogen-bond donors (Lipinski definition) is 1. The number of nitrogens with zero attached hydrogens (tertiary/aromatic N) is 1. The van der Waals surface area contributed by atoms with Crippen LogP contribution in [0.15, 0.2) is 36.4 Å². The van der Waals surface area contributed by atoms with Gasteiger partial charge in [-0.25, -0.2) is 0 Å². The van der Waals surface area contributed by atoms with E-state index in [1.807, 2.05) is 36.4 Å². The van der Waals surface area contributed by atoms with E-state index >= 15 is 0 Å². The first kappa shape index (κ1) is 18.7. The third kappa shape index (κ3) is 2.99. The topological polar surface area (TPSA) is 84.9 Å². The van der Waals surface area contributed by atoms with E-state index in [0.717, 1.165) is 6.42 Å². The number of esters is 1. The van der Waals surface area contributed by atoms with Crippen molar-refractivity contribution < 1.29 is 23.9 Å². The number of carbonyl (C=O) groups excluding carboxylic acids is 3. The minimum atomic E-state index is -0.831. The van der Waals surface area contributed by atoms with Gasteiger partial charge in [0.25, 0.3) is 0 Å². The Bertz CT molecular complexity index is 834. The minimum absolute atomic E-state index is 0.125. The van der Waals surface area contributed by atoms with Crippen molar-refractivity contribution in [2.75, 3.05) is 25.0 Å². The van der Waals surface area contributed by atoms with Gasteiger partial charge < -0.3 is 19.7 Å². The molecule has 0 aromatic heterocycles. The van der Waals surface area contributed by atoms with Gasteiger partial charge in [-0.3, -0.25) is 14.4 Å². The number of amides is 2. The van der Waals surface area contributed by atoms with E-state index in [1.54, 1.807) is 6.92 Å². The molecule has 0 saturated carbocycles. The molecule has 7 heteroatoms. The molecular weight excluding hydrogens is 360 g/mol. The predicted octanol–water partition coefficient (Wildman–Crippen LogP) is 1.53. The highest BCUT2D eigenvalue weighted by molar-refractivity contribution is 5.99. The molecule has 0 aliphatic carbocycles. The van der Waals surface area contributed by atoms with E-state index in [4.69, 9.17) is 9.47 Å². The van der Waals surface area contributed by atoms with Crippen molar-refractivity contribution in [2.24, 2.45) is 11.8 Å². The first-order valence-electron chi connectivity index (χ1n) is 9.69. The molecule has 1 spiro atoms. The number of rotatable bonds is 6. The van der Waals surface area contributed by atoms with Crippen LogP contribution in [0, 0.1) is 11.8 Å². The van der Waals surface area contributed by atoms with Gasteiger partial charge in [-0.15, -0.1) is 0 Å². The molecule has 3 aliphatic rings. The number of likely N-dealkylation sites (tertiary alicyclic amines) is 1. The average Bonchev–Trinajstić information content (AvgIpc) is 3.31. The van der Waals surface area contributed by atoms with Gasteiger partial charge in [-0.1, -0.05) is 31.2 Å². The molecule has 1 unspecified atom stereocenters. The average molecular weight is 384 g/mol. The Morgan fingerprint density at radius 3 is 2.71 bits per heavy atom. The van der Waals surface area contributed by atoms with E-state index in [-0.39, 0.29) is 31.5 Å². The normalized spacial score (nSPS) is 29.9. The lowest BCUT2D eigenvalue weighted by molar-refractivity contribution is -0.148. The molecule has 4 atom stereocenters. The zero-order chi connectivity index (χ0) is 19.9. The summed E-state index contributed by atoms with van der Waals surface area (Å²) in [5.41, 5.74) is 1.04. The van der Waals surface area contributed by atoms with E-state index in [1.165, 1.54) is 10.5 Å². The predicted molar refractivity (Wildman–Crippen MR) is 101 cm³/mol. The van der Waals surface area contributed by atoms with Crippen molar-refractivity contribution in [3.63, 3.8) is 0 Å². The summed E-state index contributed by atoms with van der Waals surface area (Å²) in [6, 6.07) is 7.66. The summed E-state index contributed by atoms with van der Waals surface area (Å²) in [7, 11) is 0. The fourth-order valence-electron chi connectivity index (χ4n) is 4.42. The molecule has 1 aromatic carbocycles. The third-order valence-corrected chi connectivity index (χ3v) is 5.74. The Hall–Kier alpha value is -2.67. The number of anilines is 1. The summed E-state index contributed by atoms with van der Waals surface area (Å²) in [6.45, 7) is 4.18. The van der Waals surface area contributed by atoms with Gasteiger partial charge in [0.15, 0.2) is 0 Å². The fourth-order valence-corrected chi connectivity index (χ4v) is 4.42. The van der Waals surface area contributed by atoms with E-state index < -0.39 is 29.5 Å². The van der Waals surface area contributed by atoms with Gasteiger partial charge in [0.05, 0.1) is 31.1 Å². The van der Waals surface area contributed by atoms with Crippen LogP contribution in [0.2, 0.25) is 0 Å². The number of fused-ring (bicyclic) bond motifs is 1. The summed E-state index contributed by atoms with van der Waals surface area (Å²) in [4.78, 5) is 39.2. The van der Waals surface area contributed by atoms with E-state index in [0.29, 0.717) is 5.69 Å². The quantitative estimate of drug-likeness (QED) is 0.594. The SMILES string of the molecule is CCOC(=O)CN1CC23C=C[C@@H](O2)[C@H](C(=O)Nc2ccc(CC)cc2)[C@@H]3C1=O. The molecule has 0 radical (unpaired) electrons. The molecule has 3 heterocycles. The molecular formula is C21H24N2O5. The van der Waals surface area contributed by atoms with Crippen molar-refractivity contribution in [2.45, 2.75) is 32.0 Å². The minimum Gasteiger partial charge on any atom is -0.465 e. The maximum Gasteiger partial charge on any atom is 0.325 e. The second-order valence-electron chi connectivity index (χ2n) is 7.44. The Morgan fingerprint density at radius 1 is 1.29 bits per heavy atom. The molecule has 4 rings (SSSR count). The lowest BCUT2D eigenvalue weighted by atomic mass is 9.77.